The van der Waals surface area contributed by atoms with Gasteiger partial charge in [-0.3, -0.25) is 0 Å². The quantitative estimate of drug-likeness (QED) is 0.641. The molecule has 17 heavy (non-hydrogen) atoms. The maximum Gasteiger partial charge on any atom is 0.334 e. The molecule has 1 unspecified atom stereocenters. The molecule has 0 amide bonds. The van der Waals surface area contributed by atoms with Crippen molar-refractivity contribution in [3.05, 3.63) is 0 Å². The van der Waals surface area contributed by atoms with Crippen molar-refractivity contribution in [1.29, 1.82) is 0 Å². The van der Waals surface area contributed by atoms with E-state index in [0.717, 1.165) is 25.9 Å². The number of carboxylic acids is 1. The second-order valence-corrected chi connectivity index (χ2v) is 4.32. The maximum atomic E-state index is 11.0. The summed E-state index contributed by atoms with van der Waals surface area (Å²) in [5.74, 6) is -0.221. The third kappa shape index (κ3) is 6.64. The van der Waals surface area contributed by atoms with Gasteiger partial charge in [0.15, 0.2) is 6.10 Å². The summed E-state index contributed by atoms with van der Waals surface area (Å²) in [5, 5.41) is 9.05. The molecule has 0 heterocycles. The highest BCUT2D eigenvalue weighted by atomic mass is 16.5. The van der Waals surface area contributed by atoms with Crippen LogP contribution in [0.25, 0.3) is 0 Å². The minimum Gasteiger partial charge on any atom is -0.479 e. The van der Waals surface area contributed by atoms with E-state index in [2.05, 4.69) is 25.7 Å². The fourth-order valence-corrected chi connectivity index (χ4v) is 1.88. The third-order valence-corrected chi connectivity index (χ3v) is 3.19. The Kier molecular flexibility index (Phi) is 9.09. The molecule has 0 fully saturated rings. The summed E-state index contributed by atoms with van der Waals surface area (Å²) >= 11 is 0. The topological polar surface area (TPSA) is 49.8 Å². The Labute approximate surface area is 105 Å². The molecule has 0 aromatic carbocycles. The van der Waals surface area contributed by atoms with Crippen molar-refractivity contribution in [3.8, 4) is 0 Å². The van der Waals surface area contributed by atoms with Gasteiger partial charge < -0.3 is 14.7 Å². The Morgan fingerprint density at radius 3 is 2.12 bits per heavy atom. The zero-order valence-electron chi connectivity index (χ0n) is 11.6. The number of rotatable bonds is 10. The van der Waals surface area contributed by atoms with Crippen LogP contribution in [0.5, 0.6) is 0 Å². The first-order valence-electron chi connectivity index (χ1n) is 6.65. The van der Waals surface area contributed by atoms with Crippen molar-refractivity contribution >= 4 is 5.97 Å². The van der Waals surface area contributed by atoms with Gasteiger partial charge in [0.1, 0.15) is 0 Å². The van der Waals surface area contributed by atoms with Crippen LogP contribution >= 0.6 is 0 Å². The third-order valence-electron chi connectivity index (χ3n) is 3.19. The van der Waals surface area contributed by atoms with Crippen LogP contribution in [0.15, 0.2) is 0 Å². The summed E-state index contributed by atoms with van der Waals surface area (Å²) in [6, 6.07) is 0. The molecular formula is C13H27NO3. The molecule has 102 valence electrons. The fraction of sp³-hybridized carbons (Fsp3) is 0.923. The lowest BCUT2D eigenvalue weighted by molar-refractivity contribution is -0.151. The summed E-state index contributed by atoms with van der Waals surface area (Å²) in [6.45, 7) is 11.0. The summed E-state index contributed by atoms with van der Waals surface area (Å²) in [7, 11) is 0. The number of aliphatic carboxylic acids is 1. The Hall–Kier alpha value is -0.610. The van der Waals surface area contributed by atoms with Crippen LogP contribution in [-0.2, 0) is 9.53 Å². The lowest BCUT2D eigenvalue weighted by atomic mass is 10.0. The van der Waals surface area contributed by atoms with E-state index >= 15 is 0 Å². The van der Waals surface area contributed by atoms with E-state index in [1.54, 1.807) is 0 Å². The zero-order valence-corrected chi connectivity index (χ0v) is 11.6. The fourth-order valence-electron chi connectivity index (χ4n) is 1.88. The van der Waals surface area contributed by atoms with E-state index in [9.17, 15) is 4.79 Å². The highest BCUT2D eigenvalue weighted by Crippen LogP contribution is 2.10. The van der Waals surface area contributed by atoms with Gasteiger partial charge in [-0.1, -0.05) is 33.6 Å². The van der Waals surface area contributed by atoms with E-state index in [4.69, 9.17) is 9.84 Å². The highest BCUT2D eigenvalue weighted by molar-refractivity contribution is 5.72. The molecule has 0 saturated heterocycles. The van der Waals surface area contributed by atoms with Crippen LogP contribution < -0.4 is 0 Å². The predicted molar refractivity (Wildman–Crippen MR) is 69.2 cm³/mol. The second kappa shape index (κ2) is 9.42. The summed E-state index contributed by atoms with van der Waals surface area (Å²) in [6.07, 6.45) is 1.58. The Balaban J connectivity index is 4.29. The molecule has 0 aliphatic carbocycles. The lowest BCUT2D eigenvalue weighted by Gasteiger charge is -2.27. The molecule has 0 radical (unpaired) electrons. The minimum atomic E-state index is -0.866. The summed E-state index contributed by atoms with van der Waals surface area (Å²) in [5.41, 5.74) is 0. The first kappa shape index (κ1) is 16.4. The van der Waals surface area contributed by atoms with Crippen molar-refractivity contribution in [1.82, 2.24) is 4.90 Å². The number of likely N-dealkylation sites (N-methyl/N-ethyl adjacent to an activating group) is 1. The van der Waals surface area contributed by atoms with Gasteiger partial charge in [-0.25, -0.2) is 4.79 Å². The maximum absolute atomic E-state index is 11.0. The highest BCUT2D eigenvalue weighted by Gasteiger charge is 2.21. The van der Waals surface area contributed by atoms with Crippen LogP contribution in [0.3, 0.4) is 0 Å². The van der Waals surface area contributed by atoms with Gasteiger partial charge in [-0.15, -0.1) is 0 Å². The Morgan fingerprint density at radius 2 is 1.76 bits per heavy atom. The summed E-state index contributed by atoms with van der Waals surface area (Å²) in [4.78, 5) is 13.2. The van der Waals surface area contributed by atoms with Crippen molar-refractivity contribution < 1.29 is 14.6 Å². The standard InChI is InChI=1S/C13H27NO3/c1-5-11(6-2)9-14(7-3)10-12(13(15)16)17-8-4/h11-12H,5-10H2,1-4H3,(H,15,16). The molecule has 0 aliphatic heterocycles. The Morgan fingerprint density at radius 1 is 1.18 bits per heavy atom. The molecule has 1 N–H and O–H groups in total. The number of hydrogen-bond acceptors (Lipinski definition) is 3. The molecular weight excluding hydrogens is 218 g/mol. The molecule has 0 aromatic heterocycles. The molecule has 4 nitrogen and oxygen atoms in total. The molecule has 0 spiro atoms. The van der Waals surface area contributed by atoms with Gasteiger partial charge in [0.25, 0.3) is 0 Å². The molecule has 1 atom stereocenters. The molecule has 4 heteroatoms. The van der Waals surface area contributed by atoms with Gasteiger partial charge in [-0.2, -0.15) is 0 Å². The first-order chi connectivity index (χ1) is 8.08. The van der Waals surface area contributed by atoms with E-state index < -0.39 is 12.1 Å². The monoisotopic (exact) mass is 245 g/mol. The van der Waals surface area contributed by atoms with Gasteiger partial charge in [0.2, 0.25) is 0 Å². The first-order valence-corrected chi connectivity index (χ1v) is 6.65. The van der Waals surface area contributed by atoms with E-state index in [-0.39, 0.29) is 0 Å². The Bertz CT molecular complexity index is 205. The van der Waals surface area contributed by atoms with Crippen LogP contribution in [0.4, 0.5) is 0 Å². The van der Waals surface area contributed by atoms with Gasteiger partial charge in [0.05, 0.1) is 0 Å². The van der Waals surface area contributed by atoms with Crippen LogP contribution in [0.1, 0.15) is 40.5 Å². The minimum absolute atomic E-state index is 0.444. The smallest absolute Gasteiger partial charge is 0.334 e. The van der Waals surface area contributed by atoms with Gasteiger partial charge in [-0.05, 0) is 19.4 Å². The predicted octanol–water partition coefficient (Wildman–Crippen LogP) is 2.23. The van der Waals surface area contributed by atoms with E-state index in [0.29, 0.717) is 19.1 Å². The number of ether oxygens (including phenoxy) is 1. The lowest BCUT2D eigenvalue weighted by Crippen LogP contribution is -2.40. The number of nitrogens with zero attached hydrogens (tertiary/aromatic N) is 1. The molecule has 0 saturated carbocycles. The number of hydrogen-bond donors (Lipinski definition) is 1. The summed E-state index contributed by atoms with van der Waals surface area (Å²) < 4.78 is 5.24. The normalized spacial score (nSPS) is 13.3. The van der Waals surface area contributed by atoms with Crippen molar-refractivity contribution in [2.75, 3.05) is 26.2 Å². The second-order valence-electron chi connectivity index (χ2n) is 4.32. The van der Waals surface area contributed by atoms with E-state index in [1.165, 1.54) is 0 Å². The molecule has 0 rings (SSSR count). The van der Waals surface area contributed by atoms with E-state index in [1.807, 2.05) is 6.92 Å². The molecule has 0 aliphatic rings. The van der Waals surface area contributed by atoms with Crippen molar-refractivity contribution in [3.63, 3.8) is 0 Å². The molecule has 0 aromatic rings. The average Bonchev–Trinajstić information content (AvgIpc) is 2.32. The van der Waals surface area contributed by atoms with Crippen LogP contribution in [0, 0.1) is 5.92 Å². The largest absolute Gasteiger partial charge is 0.479 e. The number of carbonyl (C=O) groups is 1. The van der Waals surface area contributed by atoms with Gasteiger partial charge in [0, 0.05) is 19.7 Å². The average molecular weight is 245 g/mol. The SMILES string of the molecule is CCOC(CN(CC)CC(CC)CC)C(=O)O. The van der Waals surface area contributed by atoms with Crippen LogP contribution in [-0.4, -0.2) is 48.3 Å². The van der Waals surface area contributed by atoms with Gasteiger partial charge >= 0.3 is 5.97 Å². The molecule has 0 bridgehead atoms. The number of carboxylic acid groups (broad SMARTS) is 1. The van der Waals surface area contributed by atoms with Crippen molar-refractivity contribution in [2.45, 2.75) is 46.6 Å². The van der Waals surface area contributed by atoms with Crippen molar-refractivity contribution in [2.24, 2.45) is 5.92 Å². The van der Waals surface area contributed by atoms with Crippen LogP contribution in [0.2, 0.25) is 0 Å². The zero-order chi connectivity index (χ0) is 13.3.